The first kappa shape index (κ1) is 18.2. The molecule has 0 bridgehead atoms. The van der Waals surface area contributed by atoms with Crippen molar-refractivity contribution in [1.29, 1.82) is 0 Å². The number of benzene rings is 1. The van der Waals surface area contributed by atoms with Crippen LogP contribution in [0.4, 0.5) is 0 Å². The first-order valence-electron chi connectivity index (χ1n) is 6.90. The summed E-state index contributed by atoms with van der Waals surface area (Å²) >= 11 is 12.7. The largest absolute Gasteiger partial charge is 0.366 e. The van der Waals surface area contributed by atoms with Crippen LogP contribution in [0, 0.1) is 0 Å². The molecule has 0 radical (unpaired) electrons. The zero-order valence-electron chi connectivity index (χ0n) is 12.5. The Morgan fingerprint density at radius 2 is 2.00 bits per heavy atom. The molecule has 0 saturated carbocycles. The van der Waals surface area contributed by atoms with Crippen LogP contribution in [-0.2, 0) is 16.4 Å². The first-order chi connectivity index (χ1) is 10.9. The number of thiocarbonyl (C=S) groups is 1. The highest BCUT2D eigenvalue weighted by molar-refractivity contribution is 7.91. The Labute approximate surface area is 151 Å². The van der Waals surface area contributed by atoms with E-state index in [0.717, 1.165) is 4.88 Å². The third kappa shape index (κ3) is 5.17. The average molecular weight is 389 g/mol. The molecule has 0 atom stereocenters. The smallest absolute Gasteiger partial charge is 0.180 e. The van der Waals surface area contributed by atoms with Gasteiger partial charge in [0.15, 0.2) is 14.9 Å². The minimum atomic E-state index is -3.38. The Kier molecular flexibility index (Phi) is 6.41. The van der Waals surface area contributed by atoms with E-state index in [1.165, 1.54) is 12.1 Å². The maximum Gasteiger partial charge on any atom is 0.180 e. The van der Waals surface area contributed by atoms with Gasteiger partial charge in [0.05, 0.1) is 17.2 Å². The molecule has 2 aromatic rings. The second kappa shape index (κ2) is 8.10. The molecule has 0 spiro atoms. The lowest BCUT2D eigenvalue weighted by Gasteiger charge is -2.24. The summed E-state index contributed by atoms with van der Waals surface area (Å²) in [6, 6.07) is 10.2. The lowest BCUT2D eigenvalue weighted by Crippen LogP contribution is -2.39. The van der Waals surface area contributed by atoms with Gasteiger partial charge in [0.2, 0.25) is 0 Å². The molecule has 0 saturated heterocycles. The molecule has 2 rings (SSSR count). The molecule has 1 N–H and O–H groups in total. The molecule has 4 nitrogen and oxygen atoms in total. The maximum absolute atomic E-state index is 12.4. The van der Waals surface area contributed by atoms with Gasteiger partial charge in [0.25, 0.3) is 0 Å². The van der Waals surface area contributed by atoms with E-state index in [0.29, 0.717) is 23.2 Å². The van der Waals surface area contributed by atoms with E-state index in [2.05, 4.69) is 5.32 Å². The highest BCUT2D eigenvalue weighted by Crippen LogP contribution is 2.17. The Morgan fingerprint density at radius 3 is 2.57 bits per heavy atom. The van der Waals surface area contributed by atoms with Crippen LogP contribution in [-0.4, -0.2) is 37.8 Å². The van der Waals surface area contributed by atoms with Crippen LogP contribution < -0.4 is 5.32 Å². The number of hydrogen-bond donors (Lipinski definition) is 1. The van der Waals surface area contributed by atoms with Gasteiger partial charge in [-0.2, -0.15) is 0 Å². The lowest BCUT2D eigenvalue weighted by molar-refractivity contribution is 0.433. The summed E-state index contributed by atoms with van der Waals surface area (Å²) in [4.78, 5) is 3.26. The third-order valence-corrected chi connectivity index (χ3v) is 6.52. The predicted molar refractivity (Wildman–Crippen MR) is 99.9 cm³/mol. The minimum absolute atomic E-state index is 0.0121. The summed E-state index contributed by atoms with van der Waals surface area (Å²) in [5, 5.41) is 5.94. The van der Waals surface area contributed by atoms with Gasteiger partial charge < -0.3 is 10.2 Å². The molecule has 0 aliphatic carbocycles. The van der Waals surface area contributed by atoms with E-state index >= 15 is 0 Å². The van der Waals surface area contributed by atoms with Crippen LogP contribution >= 0.6 is 35.2 Å². The van der Waals surface area contributed by atoms with Crippen molar-refractivity contribution in [3.63, 3.8) is 0 Å². The molecule has 0 amide bonds. The van der Waals surface area contributed by atoms with Crippen molar-refractivity contribution >= 4 is 50.1 Å². The molecular formula is C15H17ClN2O2S3. The zero-order chi connectivity index (χ0) is 16.9. The Bertz CT molecular complexity index is 744. The highest BCUT2D eigenvalue weighted by Gasteiger charge is 2.18. The number of nitrogens with one attached hydrogen (secondary N) is 1. The highest BCUT2D eigenvalue weighted by atomic mass is 35.5. The topological polar surface area (TPSA) is 49.4 Å². The molecule has 1 aromatic carbocycles. The molecule has 23 heavy (non-hydrogen) atoms. The van der Waals surface area contributed by atoms with Crippen LogP contribution in [0.25, 0.3) is 0 Å². The van der Waals surface area contributed by atoms with Crippen LogP contribution in [0.3, 0.4) is 0 Å². The molecule has 0 aliphatic heterocycles. The van der Waals surface area contributed by atoms with Crippen molar-refractivity contribution in [2.45, 2.75) is 11.4 Å². The number of thiophene rings is 1. The normalized spacial score (nSPS) is 11.2. The maximum atomic E-state index is 12.4. The summed E-state index contributed by atoms with van der Waals surface area (Å²) in [6.45, 7) is 0.913. The average Bonchev–Trinajstić information content (AvgIpc) is 3.04. The first-order valence-corrected chi connectivity index (χ1v) is 10.2. The van der Waals surface area contributed by atoms with Crippen molar-refractivity contribution in [1.82, 2.24) is 10.2 Å². The van der Waals surface area contributed by atoms with Crippen molar-refractivity contribution in [2.75, 3.05) is 19.3 Å². The van der Waals surface area contributed by atoms with Crippen molar-refractivity contribution < 1.29 is 8.42 Å². The predicted octanol–water partition coefficient (Wildman–Crippen LogP) is 3.18. The zero-order valence-corrected chi connectivity index (χ0v) is 15.7. The summed E-state index contributed by atoms with van der Waals surface area (Å²) in [6.07, 6.45) is 0. The van der Waals surface area contributed by atoms with Gasteiger partial charge in [-0.3, -0.25) is 0 Å². The SMILES string of the molecule is CNC(=S)N(CCS(=O)(=O)c1ccc(Cl)cc1)Cc1cccs1. The van der Waals surface area contributed by atoms with Crippen molar-refractivity contribution in [2.24, 2.45) is 0 Å². The lowest BCUT2D eigenvalue weighted by atomic mass is 10.4. The van der Waals surface area contributed by atoms with Crippen LogP contribution in [0.15, 0.2) is 46.7 Å². The van der Waals surface area contributed by atoms with Gasteiger partial charge in [-0.15, -0.1) is 11.3 Å². The van der Waals surface area contributed by atoms with Gasteiger partial charge in [-0.25, -0.2) is 8.42 Å². The molecule has 0 fully saturated rings. The van der Waals surface area contributed by atoms with Gasteiger partial charge in [0, 0.05) is 23.5 Å². The van der Waals surface area contributed by atoms with E-state index in [9.17, 15) is 8.42 Å². The Morgan fingerprint density at radius 1 is 1.30 bits per heavy atom. The van der Waals surface area contributed by atoms with Gasteiger partial charge >= 0.3 is 0 Å². The van der Waals surface area contributed by atoms with Crippen molar-refractivity contribution in [3.05, 3.63) is 51.7 Å². The summed E-state index contributed by atoms with van der Waals surface area (Å²) in [5.74, 6) is -0.0121. The Balaban J connectivity index is 2.07. The third-order valence-electron chi connectivity index (χ3n) is 3.23. The summed E-state index contributed by atoms with van der Waals surface area (Å²) in [5.41, 5.74) is 0. The van der Waals surface area contributed by atoms with E-state index in [-0.39, 0.29) is 10.6 Å². The van der Waals surface area contributed by atoms with Crippen LogP contribution in [0.1, 0.15) is 4.88 Å². The second-order valence-corrected chi connectivity index (χ2v) is 8.79. The standard InChI is InChI=1S/C15H17ClN2O2S3/c1-17-15(21)18(11-13-3-2-9-22-13)8-10-23(19,20)14-6-4-12(16)5-7-14/h2-7,9H,8,10-11H2,1H3,(H,17,21). The molecule has 1 aromatic heterocycles. The molecule has 124 valence electrons. The fourth-order valence-electron chi connectivity index (χ4n) is 1.99. The molecule has 1 heterocycles. The van der Waals surface area contributed by atoms with Gasteiger partial charge in [0.1, 0.15) is 0 Å². The fraction of sp³-hybridized carbons (Fsp3) is 0.267. The summed E-state index contributed by atoms with van der Waals surface area (Å²) < 4.78 is 24.9. The van der Waals surface area contributed by atoms with Crippen LogP contribution in [0.2, 0.25) is 5.02 Å². The van der Waals surface area contributed by atoms with E-state index in [1.807, 2.05) is 22.4 Å². The summed E-state index contributed by atoms with van der Waals surface area (Å²) in [7, 11) is -1.64. The van der Waals surface area contributed by atoms with Crippen LogP contribution in [0.5, 0.6) is 0 Å². The second-order valence-electron chi connectivity index (χ2n) is 4.83. The monoisotopic (exact) mass is 388 g/mol. The van der Waals surface area contributed by atoms with Gasteiger partial charge in [-0.05, 0) is 47.9 Å². The number of nitrogens with zero attached hydrogens (tertiary/aromatic N) is 1. The number of sulfone groups is 1. The van der Waals surface area contributed by atoms with E-state index in [4.69, 9.17) is 23.8 Å². The number of rotatable bonds is 6. The molecule has 0 aliphatic rings. The quantitative estimate of drug-likeness (QED) is 0.770. The van der Waals surface area contributed by atoms with Crippen molar-refractivity contribution in [3.8, 4) is 0 Å². The fourth-order valence-corrected chi connectivity index (χ4v) is 4.24. The van der Waals surface area contributed by atoms with E-state index < -0.39 is 9.84 Å². The number of halogens is 1. The Hall–Kier alpha value is -1.15. The molecular weight excluding hydrogens is 372 g/mol. The van der Waals surface area contributed by atoms with Gasteiger partial charge in [-0.1, -0.05) is 17.7 Å². The molecule has 0 unspecified atom stereocenters. The molecule has 8 heteroatoms. The van der Waals surface area contributed by atoms with E-state index in [1.54, 1.807) is 30.5 Å². The number of hydrogen-bond acceptors (Lipinski definition) is 4. The minimum Gasteiger partial charge on any atom is -0.366 e.